The molecule has 4 heterocycles. The number of fused-ring (bicyclic) bond motifs is 3. The number of piperazine rings is 1. The number of amides is 1. The Labute approximate surface area is 185 Å². The van der Waals surface area contributed by atoms with Gasteiger partial charge >= 0.3 is 0 Å². The number of thiazole rings is 1. The fourth-order valence-electron chi connectivity index (χ4n) is 5.07. The number of hydrogen-bond donors (Lipinski definition) is 0. The van der Waals surface area contributed by atoms with Gasteiger partial charge in [-0.15, -0.1) is 0 Å². The van der Waals surface area contributed by atoms with E-state index in [-0.39, 0.29) is 5.92 Å². The van der Waals surface area contributed by atoms with E-state index in [0.29, 0.717) is 29.8 Å². The Bertz CT molecular complexity index is 1060. The molecule has 2 aromatic carbocycles. The van der Waals surface area contributed by atoms with Crippen LogP contribution in [0.5, 0.6) is 10.9 Å². The van der Waals surface area contributed by atoms with Crippen molar-refractivity contribution in [2.45, 2.75) is 31.5 Å². The number of carbonyl (C=O) groups excluding carboxylic acids is 1. The van der Waals surface area contributed by atoms with Gasteiger partial charge in [0.15, 0.2) is 0 Å². The lowest BCUT2D eigenvalue weighted by Crippen LogP contribution is -2.50. The van der Waals surface area contributed by atoms with Crippen molar-refractivity contribution >= 4 is 27.5 Å². The zero-order valence-electron chi connectivity index (χ0n) is 17.3. The molecule has 1 amide bonds. The number of rotatable bonds is 5. The Kier molecular flexibility index (Phi) is 4.89. The van der Waals surface area contributed by atoms with Crippen LogP contribution in [0.3, 0.4) is 0 Å². The Morgan fingerprint density at radius 3 is 2.74 bits per heavy atom. The molecule has 0 aliphatic carbocycles. The van der Waals surface area contributed by atoms with Crippen molar-refractivity contribution in [2.75, 3.05) is 26.3 Å². The standard InChI is InChI=1S/C24H25N3O3S/c28-23(17-9-10-29-15-17)27-14-18-11-19(27)13-26(18)12-16-5-7-20(8-6-16)30-24-25-21-3-1-2-4-22(21)31-24/h1-8,17-19H,9-15H2/t17-,18?,19?/m0/s1. The van der Waals surface area contributed by atoms with Crippen LogP contribution in [0.25, 0.3) is 10.2 Å². The summed E-state index contributed by atoms with van der Waals surface area (Å²) in [7, 11) is 0. The number of ether oxygens (including phenoxy) is 2. The first-order chi connectivity index (χ1) is 15.2. The molecule has 3 atom stereocenters. The lowest BCUT2D eigenvalue weighted by molar-refractivity contribution is -0.137. The fourth-order valence-corrected chi connectivity index (χ4v) is 5.90. The molecule has 0 saturated carbocycles. The number of benzene rings is 2. The van der Waals surface area contributed by atoms with Gasteiger partial charge in [-0.25, -0.2) is 4.98 Å². The van der Waals surface area contributed by atoms with Crippen LogP contribution in [0.4, 0.5) is 0 Å². The topological polar surface area (TPSA) is 54.9 Å². The maximum absolute atomic E-state index is 12.8. The van der Waals surface area contributed by atoms with Gasteiger partial charge in [-0.3, -0.25) is 9.69 Å². The molecule has 3 fully saturated rings. The first-order valence-corrected chi connectivity index (χ1v) is 11.8. The molecule has 2 unspecified atom stereocenters. The molecule has 3 aliphatic rings. The van der Waals surface area contributed by atoms with Crippen molar-refractivity contribution in [1.82, 2.24) is 14.8 Å². The minimum atomic E-state index is 0.0794. The quantitative estimate of drug-likeness (QED) is 0.608. The predicted octanol–water partition coefficient (Wildman–Crippen LogP) is 3.91. The van der Waals surface area contributed by atoms with Crippen molar-refractivity contribution in [3.05, 3.63) is 54.1 Å². The first-order valence-electron chi connectivity index (χ1n) is 11.0. The third kappa shape index (κ3) is 3.71. The van der Waals surface area contributed by atoms with Crippen molar-refractivity contribution in [1.29, 1.82) is 0 Å². The molecular weight excluding hydrogens is 410 g/mol. The summed E-state index contributed by atoms with van der Waals surface area (Å²) in [5.41, 5.74) is 2.24. The molecular formula is C24H25N3O3S. The largest absolute Gasteiger partial charge is 0.431 e. The Hall–Kier alpha value is -2.48. The summed E-state index contributed by atoms with van der Waals surface area (Å²) in [5, 5.41) is 0.670. The second-order valence-corrected chi connectivity index (χ2v) is 9.71. The fraction of sp³-hybridized carbons (Fsp3) is 0.417. The molecule has 0 spiro atoms. The van der Waals surface area contributed by atoms with Crippen LogP contribution in [0.2, 0.25) is 0 Å². The maximum atomic E-state index is 12.8. The van der Waals surface area contributed by atoms with E-state index in [0.717, 1.165) is 55.0 Å². The third-order valence-electron chi connectivity index (χ3n) is 6.70. The zero-order chi connectivity index (χ0) is 20.8. The van der Waals surface area contributed by atoms with E-state index in [2.05, 4.69) is 33.0 Å². The molecule has 2 bridgehead atoms. The molecule has 6 rings (SSSR count). The summed E-state index contributed by atoms with van der Waals surface area (Å²) in [4.78, 5) is 21.9. The SMILES string of the molecule is O=C([C@H]1CCOC1)N1CC2CC1CN2Cc1ccc(Oc2nc3ccccc3s2)cc1. The molecule has 3 aliphatic heterocycles. The highest BCUT2D eigenvalue weighted by molar-refractivity contribution is 7.20. The molecule has 31 heavy (non-hydrogen) atoms. The predicted molar refractivity (Wildman–Crippen MR) is 119 cm³/mol. The van der Waals surface area contributed by atoms with Crippen LogP contribution in [-0.2, 0) is 16.1 Å². The number of hydrogen-bond acceptors (Lipinski definition) is 6. The minimum absolute atomic E-state index is 0.0794. The van der Waals surface area contributed by atoms with Crippen molar-refractivity contribution in [2.24, 2.45) is 5.92 Å². The van der Waals surface area contributed by atoms with Gasteiger partial charge in [0.25, 0.3) is 5.19 Å². The summed E-state index contributed by atoms with van der Waals surface area (Å²) in [6.45, 7) is 4.06. The first kappa shape index (κ1) is 19.2. The second-order valence-electron chi connectivity index (χ2n) is 8.72. The van der Waals surface area contributed by atoms with Gasteiger partial charge in [0.05, 0.1) is 22.7 Å². The van der Waals surface area contributed by atoms with Crippen LogP contribution in [0.15, 0.2) is 48.5 Å². The van der Waals surface area contributed by atoms with E-state index in [4.69, 9.17) is 9.47 Å². The zero-order valence-corrected chi connectivity index (χ0v) is 18.1. The summed E-state index contributed by atoms with van der Waals surface area (Å²) < 4.78 is 12.5. The summed E-state index contributed by atoms with van der Waals surface area (Å²) in [6.07, 6.45) is 1.97. The van der Waals surface area contributed by atoms with Gasteiger partial charge in [-0.2, -0.15) is 0 Å². The molecule has 3 saturated heterocycles. The van der Waals surface area contributed by atoms with E-state index in [9.17, 15) is 4.79 Å². The average molecular weight is 436 g/mol. The van der Waals surface area contributed by atoms with Gasteiger partial charge in [0.2, 0.25) is 5.91 Å². The highest BCUT2D eigenvalue weighted by atomic mass is 32.1. The van der Waals surface area contributed by atoms with E-state index in [1.807, 2.05) is 30.3 Å². The van der Waals surface area contributed by atoms with Crippen LogP contribution in [-0.4, -0.2) is 59.1 Å². The minimum Gasteiger partial charge on any atom is -0.431 e. The van der Waals surface area contributed by atoms with Gasteiger partial charge in [0, 0.05) is 38.3 Å². The molecule has 0 N–H and O–H groups in total. The van der Waals surface area contributed by atoms with Crippen LogP contribution >= 0.6 is 11.3 Å². The van der Waals surface area contributed by atoms with Gasteiger partial charge in [0.1, 0.15) is 5.75 Å². The molecule has 0 radical (unpaired) electrons. The number of likely N-dealkylation sites (tertiary alicyclic amines) is 2. The number of para-hydroxylation sites is 1. The van der Waals surface area contributed by atoms with Gasteiger partial charge in [-0.1, -0.05) is 35.6 Å². The van der Waals surface area contributed by atoms with Crippen LogP contribution < -0.4 is 4.74 Å². The molecule has 7 heteroatoms. The normalized spacial score (nSPS) is 25.5. The number of aromatic nitrogens is 1. The van der Waals surface area contributed by atoms with Crippen molar-refractivity contribution < 1.29 is 14.3 Å². The van der Waals surface area contributed by atoms with Gasteiger partial charge in [-0.05, 0) is 42.7 Å². The van der Waals surface area contributed by atoms with E-state index >= 15 is 0 Å². The van der Waals surface area contributed by atoms with E-state index < -0.39 is 0 Å². The maximum Gasteiger partial charge on any atom is 0.279 e. The van der Waals surface area contributed by atoms with Crippen molar-refractivity contribution in [3.8, 4) is 10.9 Å². The summed E-state index contributed by atoms with van der Waals surface area (Å²) in [5.74, 6) is 1.19. The summed E-state index contributed by atoms with van der Waals surface area (Å²) >= 11 is 1.56. The van der Waals surface area contributed by atoms with Gasteiger partial charge < -0.3 is 14.4 Å². The highest BCUT2D eigenvalue weighted by Crippen LogP contribution is 2.35. The lowest BCUT2D eigenvalue weighted by atomic mass is 10.1. The van der Waals surface area contributed by atoms with Crippen LogP contribution in [0, 0.1) is 5.92 Å². The monoisotopic (exact) mass is 435 g/mol. The Morgan fingerprint density at radius 2 is 2.00 bits per heavy atom. The lowest BCUT2D eigenvalue weighted by Gasteiger charge is -2.35. The smallest absolute Gasteiger partial charge is 0.279 e. The number of carbonyl (C=O) groups is 1. The molecule has 6 nitrogen and oxygen atoms in total. The molecule has 3 aromatic rings. The molecule has 1 aromatic heterocycles. The average Bonchev–Trinajstić information content (AvgIpc) is 3.57. The van der Waals surface area contributed by atoms with E-state index in [1.165, 1.54) is 5.56 Å². The molecule has 160 valence electrons. The highest BCUT2D eigenvalue weighted by Gasteiger charge is 2.46. The van der Waals surface area contributed by atoms with E-state index in [1.54, 1.807) is 11.3 Å². The third-order valence-corrected chi connectivity index (χ3v) is 7.62. The second kappa shape index (κ2) is 7.89. The van der Waals surface area contributed by atoms with Crippen LogP contribution in [0.1, 0.15) is 18.4 Å². The van der Waals surface area contributed by atoms with Crippen molar-refractivity contribution in [3.63, 3.8) is 0 Å². The Morgan fingerprint density at radius 1 is 1.13 bits per heavy atom. The Balaban J connectivity index is 1.06. The summed E-state index contributed by atoms with van der Waals surface area (Å²) in [6, 6.07) is 17.2. The number of nitrogens with zero attached hydrogens (tertiary/aromatic N) is 3.